The summed E-state index contributed by atoms with van der Waals surface area (Å²) in [4.78, 5) is 22.3. The first-order chi connectivity index (χ1) is 9.13. The summed E-state index contributed by atoms with van der Waals surface area (Å²) in [6.07, 6.45) is 4.50. The van der Waals surface area contributed by atoms with Gasteiger partial charge >= 0.3 is 5.97 Å². The molecule has 2 heterocycles. The van der Waals surface area contributed by atoms with Crippen molar-refractivity contribution in [1.29, 1.82) is 0 Å². The van der Waals surface area contributed by atoms with Gasteiger partial charge < -0.3 is 4.74 Å². The SMILES string of the molecule is COC(=O)C1(CN2CCc3nc(Cl)ncc3C2)CC1. The van der Waals surface area contributed by atoms with E-state index in [4.69, 9.17) is 16.3 Å². The van der Waals surface area contributed by atoms with Crippen LogP contribution in [0.15, 0.2) is 6.20 Å². The van der Waals surface area contributed by atoms with Crippen molar-refractivity contribution in [1.82, 2.24) is 14.9 Å². The van der Waals surface area contributed by atoms with Crippen LogP contribution in [0.4, 0.5) is 0 Å². The van der Waals surface area contributed by atoms with Crippen LogP contribution >= 0.6 is 11.6 Å². The number of halogens is 1. The monoisotopic (exact) mass is 281 g/mol. The van der Waals surface area contributed by atoms with Crippen molar-refractivity contribution in [3.63, 3.8) is 0 Å². The summed E-state index contributed by atoms with van der Waals surface area (Å²) >= 11 is 5.79. The van der Waals surface area contributed by atoms with Crippen molar-refractivity contribution in [3.8, 4) is 0 Å². The number of hydrogen-bond acceptors (Lipinski definition) is 5. The lowest BCUT2D eigenvalue weighted by Crippen LogP contribution is -2.38. The minimum atomic E-state index is -0.264. The summed E-state index contributed by atoms with van der Waals surface area (Å²) in [6, 6.07) is 0. The quantitative estimate of drug-likeness (QED) is 0.620. The topological polar surface area (TPSA) is 55.3 Å². The van der Waals surface area contributed by atoms with E-state index >= 15 is 0 Å². The summed E-state index contributed by atoms with van der Waals surface area (Å²) in [5.41, 5.74) is 1.87. The number of nitrogens with zero attached hydrogens (tertiary/aromatic N) is 3. The van der Waals surface area contributed by atoms with Gasteiger partial charge in [-0.3, -0.25) is 9.69 Å². The Morgan fingerprint density at radius 3 is 3.05 bits per heavy atom. The first kappa shape index (κ1) is 12.8. The molecular formula is C13H16ClN3O2. The number of rotatable bonds is 3. The van der Waals surface area contributed by atoms with Gasteiger partial charge in [0.25, 0.3) is 0 Å². The third-order valence-corrected chi connectivity index (χ3v) is 4.16. The first-order valence-electron chi connectivity index (χ1n) is 6.44. The summed E-state index contributed by atoms with van der Waals surface area (Å²) in [6.45, 7) is 2.45. The van der Waals surface area contributed by atoms with Crippen molar-refractivity contribution < 1.29 is 9.53 Å². The van der Waals surface area contributed by atoms with Gasteiger partial charge in [0.1, 0.15) is 0 Å². The number of carbonyl (C=O) groups is 1. The number of ether oxygens (including phenoxy) is 1. The molecule has 1 fully saturated rings. The normalized spacial score (nSPS) is 20.7. The largest absolute Gasteiger partial charge is 0.469 e. The van der Waals surface area contributed by atoms with E-state index in [1.54, 1.807) is 6.20 Å². The van der Waals surface area contributed by atoms with Crippen LogP contribution in [0.2, 0.25) is 5.28 Å². The maximum Gasteiger partial charge on any atom is 0.313 e. The molecule has 0 radical (unpaired) electrons. The van der Waals surface area contributed by atoms with Crippen molar-refractivity contribution >= 4 is 17.6 Å². The zero-order valence-electron chi connectivity index (χ0n) is 10.9. The molecule has 0 spiro atoms. The molecule has 2 aliphatic rings. The van der Waals surface area contributed by atoms with E-state index in [1.165, 1.54) is 7.11 Å². The van der Waals surface area contributed by atoms with Crippen LogP contribution in [-0.4, -0.2) is 41.0 Å². The van der Waals surface area contributed by atoms with Gasteiger partial charge in [-0.15, -0.1) is 0 Å². The summed E-state index contributed by atoms with van der Waals surface area (Å²) < 4.78 is 4.90. The number of methoxy groups -OCH3 is 1. The van der Waals surface area contributed by atoms with Gasteiger partial charge in [0.15, 0.2) is 0 Å². The third-order valence-electron chi connectivity index (χ3n) is 3.98. The first-order valence-corrected chi connectivity index (χ1v) is 6.82. The van der Waals surface area contributed by atoms with Crippen LogP contribution in [0.5, 0.6) is 0 Å². The molecule has 102 valence electrons. The number of fused-ring (bicyclic) bond motifs is 1. The molecule has 6 heteroatoms. The van der Waals surface area contributed by atoms with Gasteiger partial charge in [-0.05, 0) is 24.4 Å². The standard InChI is InChI=1S/C13H16ClN3O2/c1-19-11(18)13(3-4-13)8-17-5-2-10-9(7-17)6-15-12(14)16-10/h6H,2-5,7-8H2,1H3. The molecule has 1 aliphatic heterocycles. The highest BCUT2D eigenvalue weighted by Gasteiger charge is 2.52. The van der Waals surface area contributed by atoms with Gasteiger partial charge in [-0.2, -0.15) is 0 Å². The lowest BCUT2D eigenvalue weighted by molar-refractivity contribution is -0.148. The second-order valence-electron chi connectivity index (χ2n) is 5.34. The molecule has 1 aromatic rings. The second kappa shape index (κ2) is 4.72. The molecule has 19 heavy (non-hydrogen) atoms. The number of hydrogen-bond donors (Lipinski definition) is 0. The molecule has 0 amide bonds. The predicted molar refractivity (Wildman–Crippen MR) is 69.7 cm³/mol. The summed E-state index contributed by atoms with van der Waals surface area (Å²) in [5, 5.41) is 0.306. The Balaban J connectivity index is 1.69. The molecule has 3 rings (SSSR count). The summed E-state index contributed by atoms with van der Waals surface area (Å²) in [7, 11) is 1.46. The fourth-order valence-electron chi connectivity index (χ4n) is 2.71. The number of aromatic nitrogens is 2. The van der Waals surface area contributed by atoms with Gasteiger partial charge in [-0.1, -0.05) is 0 Å². The maximum absolute atomic E-state index is 11.8. The summed E-state index contributed by atoms with van der Waals surface area (Å²) in [5.74, 6) is -0.0781. The Morgan fingerprint density at radius 1 is 1.58 bits per heavy atom. The maximum atomic E-state index is 11.8. The van der Waals surface area contributed by atoms with E-state index < -0.39 is 0 Å². The average Bonchev–Trinajstić information content (AvgIpc) is 3.19. The zero-order valence-corrected chi connectivity index (χ0v) is 11.6. The average molecular weight is 282 g/mol. The molecule has 0 atom stereocenters. The number of esters is 1. The predicted octanol–water partition coefficient (Wildman–Crippen LogP) is 1.44. The third kappa shape index (κ3) is 2.44. The fraction of sp³-hybridized carbons (Fsp3) is 0.615. The zero-order chi connectivity index (χ0) is 13.5. The minimum Gasteiger partial charge on any atom is -0.469 e. The van der Waals surface area contributed by atoms with Crippen LogP contribution in [0.1, 0.15) is 24.1 Å². The molecule has 0 unspecified atom stereocenters. The van der Waals surface area contributed by atoms with Crippen molar-refractivity contribution in [2.75, 3.05) is 20.2 Å². The van der Waals surface area contributed by atoms with Gasteiger partial charge in [0.2, 0.25) is 5.28 Å². The Labute approximate surface area is 116 Å². The van der Waals surface area contributed by atoms with Gasteiger partial charge in [-0.25, -0.2) is 9.97 Å². The second-order valence-corrected chi connectivity index (χ2v) is 5.68. The number of carbonyl (C=O) groups excluding carboxylic acids is 1. The van der Waals surface area contributed by atoms with Crippen LogP contribution in [0.25, 0.3) is 0 Å². The van der Waals surface area contributed by atoms with E-state index in [0.29, 0.717) is 5.28 Å². The van der Waals surface area contributed by atoms with Crippen molar-refractivity contribution in [3.05, 3.63) is 22.7 Å². The van der Waals surface area contributed by atoms with E-state index in [9.17, 15) is 4.79 Å². The Bertz CT molecular complexity index is 517. The molecule has 1 saturated carbocycles. The Kier molecular flexibility index (Phi) is 3.19. The molecule has 1 aliphatic carbocycles. The molecule has 0 saturated heterocycles. The van der Waals surface area contributed by atoms with Gasteiger partial charge in [0.05, 0.1) is 18.2 Å². The van der Waals surface area contributed by atoms with E-state index in [1.807, 2.05) is 0 Å². The Hall–Kier alpha value is -1.20. The van der Waals surface area contributed by atoms with Crippen LogP contribution in [0.3, 0.4) is 0 Å². The molecule has 0 N–H and O–H groups in total. The molecule has 0 aromatic carbocycles. The fourth-order valence-corrected chi connectivity index (χ4v) is 2.86. The van der Waals surface area contributed by atoms with Crippen LogP contribution < -0.4 is 0 Å². The molecular weight excluding hydrogens is 266 g/mol. The molecule has 0 bridgehead atoms. The van der Waals surface area contributed by atoms with Crippen molar-refractivity contribution in [2.45, 2.75) is 25.8 Å². The highest BCUT2D eigenvalue weighted by molar-refractivity contribution is 6.28. The van der Waals surface area contributed by atoms with Crippen LogP contribution in [0, 0.1) is 5.41 Å². The molecule has 5 nitrogen and oxygen atoms in total. The molecule has 1 aromatic heterocycles. The van der Waals surface area contributed by atoms with Crippen LogP contribution in [-0.2, 0) is 22.5 Å². The van der Waals surface area contributed by atoms with Gasteiger partial charge in [0, 0.05) is 37.8 Å². The lowest BCUT2D eigenvalue weighted by atomic mass is 10.0. The lowest BCUT2D eigenvalue weighted by Gasteiger charge is -2.30. The van der Waals surface area contributed by atoms with E-state index in [0.717, 1.165) is 50.2 Å². The highest BCUT2D eigenvalue weighted by Crippen LogP contribution is 2.47. The Morgan fingerprint density at radius 2 is 2.37 bits per heavy atom. The van der Waals surface area contributed by atoms with E-state index in [-0.39, 0.29) is 11.4 Å². The smallest absolute Gasteiger partial charge is 0.313 e. The minimum absolute atomic E-state index is 0.0781. The van der Waals surface area contributed by atoms with Crippen molar-refractivity contribution in [2.24, 2.45) is 5.41 Å². The highest BCUT2D eigenvalue weighted by atomic mass is 35.5. The van der Waals surface area contributed by atoms with E-state index in [2.05, 4.69) is 14.9 Å².